The lowest BCUT2D eigenvalue weighted by Gasteiger charge is -2.02. The van der Waals surface area contributed by atoms with Crippen LogP contribution in [0.5, 0.6) is 0 Å². The van der Waals surface area contributed by atoms with Gasteiger partial charge in [-0.05, 0) is 41.6 Å². The molecule has 0 fully saturated rings. The maximum absolute atomic E-state index is 13.2. The molecular formula is C11H10FNS. The maximum atomic E-state index is 13.2. The minimum absolute atomic E-state index is 0.121. The van der Waals surface area contributed by atoms with Crippen LogP contribution in [0.3, 0.4) is 0 Å². The zero-order chi connectivity index (χ0) is 9.54. The highest BCUT2D eigenvalue weighted by Crippen LogP contribution is 2.31. The molecule has 2 aromatic rings. The normalized spacial score (nSPS) is 15.8. The Hall–Kier alpha value is -0.930. The Morgan fingerprint density at radius 3 is 3.14 bits per heavy atom. The van der Waals surface area contributed by atoms with Crippen LogP contribution in [0, 0.1) is 5.82 Å². The minimum Gasteiger partial charge on any atom is -0.312 e. The zero-order valence-corrected chi connectivity index (χ0v) is 8.46. The Labute approximate surface area is 85.6 Å². The van der Waals surface area contributed by atoms with Gasteiger partial charge < -0.3 is 5.32 Å². The Bertz CT molecular complexity index is 489. The van der Waals surface area contributed by atoms with E-state index in [0.29, 0.717) is 0 Å². The lowest BCUT2D eigenvalue weighted by molar-refractivity contribution is 0.624. The molecule has 0 saturated carbocycles. The molecule has 0 spiro atoms. The van der Waals surface area contributed by atoms with Gasteiger partial charge in [-0.25, -0.2) is 4.39 Å². The van der Waals surface area contributed by atoms with Crippen LogP contribution in [-0.4, -0.2) is 6.54 Å². The third kappa shape index (κ3) is 1.16. The molecule has 0 saturated heterocycles. The summed E-state index contributed by atoms with van der Waals surface area (Å²) in [5.74, 6) is -0.121. The number of halogens is 1. The van der Waals surface area contributed by atoms with Crippen LogP contribution in [0.2, 0.25) is 0 Å². The van der Waals surface area contributed by atoms with Gasteiger partial charge in [-0.1, -0.05) is 0 Å². The molecule has 0 aliphatic carbocycles. The predicted molar refractivity (Wildman–Crippen MR) is 57.2 cm³/mol. The fraction of sp³-hybridized carbons (Fsp3) is 0.273. The van der Waals surface area contributed by atoms with E-state index in [-0.39, 0.29) is 5.82 Å². The molecule has 0 bridgehead atoms. The number of rotatable bonds is 0. The molecule has 3 rings (SSSR count). The minimum atomic E-state index is -0.121. The molecule has 0 radical (unpaired) electrons. The van der Waals surface area contributed by atoms with Crippen LogP contribution in [0.4, 0.5) is 4.39 Å². The van der Waals surface area contributed by atoms with Gasteiger partial charge in [0.05, 0.1) is 0 Å². The predicted octanol–water partition coefficient (Wildman–Crippen LogP) is 2.69. The summed E-state index contributed by atoms with van der Waals surface area (Å²) in [7, 11) is 0. The van der Waals surface area contributed by atoms with Crippen molar-refractivity contribution in [3.8, 4) is 0 Å². The summed E-state index contributed by atoms with van der Waals surface area (Å²) in [6.45, 7) is 1.78. The molecule has 0 amide bonds. The summed E-state index contributed by atoms with van der Waals surface area (Å²) in [4.78, 5) is 0. The first kappa shape index (κ1) is 8.38. The standard InChI is InChI=1S/C11H10FNS/c12-9-3-8-5-13-2-1-7-6-14-10(4-9)11(7)8/h3-4,6,13H,1-2,5H2. The second-order valence-electron chi connectivity index (χ2n) is 3.63. The molecule has 2 heterocycles. The average Bonchev–Trinajstić information content (AvgIpc) is 2.43. The number of thiophene rings is 1. The highest BCUT2D eigenvalue weighted by Gasteiger charge is 2.13. The first-order valence-corrected chi connectivity index (χ1v) is 5.62. The van der Waals surface area contributed by atoms with Crippen LogP contribution < -0.4 is 5.32 Å². The topological polar surface area (TPSA) is 12.0 Å². The Morgan fingerprint density at radius 2 is 2.21 bits per heavy atom. The van der Waals surface area contributed by atoms with Crippen molar-refractivity contribution in [2.75, 3.05) is 6.54 Å². The maximum Gasteiger partial charge on any atom is 0.124 e. The van der Waals surface area contributed by atoms with Crippen molar-refractivity contribution in [2.24, 2.45) is 0 Å². The molecule has 3 heteroatoms. The molecule has 1 aromatic carbocycles. The van der Waals surface area contributed by atoms with Crippen molar-refractivity contribution in [1.82, 2.24) is 5.32 Å². The van der Waals surface area contributed by atoms with Crippen LogP contribution in [0.25, 0.3) is 10.1 Å². The molecule has 0 atom stereocenters. The molecule has 1 N–H and O–H groups in total. The van der Waals surface area contributed by atoms with Crippen molar-refractivity contribution < 1.29 is 4.39 Å². The zero-order valence-electron chi connectivity index (χ0n) is 7.64. The van der Waals surface area contributed by atoms with Crippen molar-refractivity contribution in [1.29, 1.82) is 0 Å². The van der Waals surface area contributed by atoms with Crippen LogP contribution >= 0.6 is 11.3 Å². The SMILES string of the molecule is Fc1cc2c3c(csc3c1)CCNC2. The largest absolute Gasteiger partial charge is 0.312 e. The molecule has 1 aliphatic heterocycles. The molecule has 1 nitrogen and oxygen atoms in total. The van der Waals surface area contributed by atoms with Crippen LogP contribution in [0.15, 0.2) is 17.5 Å². The second-order valence-corrected chi connectivity index (χ2v) is 4.54. The summed E-state index contributed by atoms with van der Waals surface area (Å²) < 4.78 is 14.3. The van der Waals surface area contributed by atoms with E-state index in [9.17, 15) is 4.39 Å². The quantitative estimate of drug-likeness (QED) is 0.700. The Kier molecular flexibility index (Phi) is 1.82. The monoisotopic (exact) mass is 207 g/mol. The Balaban J connectivity index is 2.39. The van der Waals surface area contributed by atoms with Crippen molar-refractivity contribution in [2.45, 2.75) is 13.0 Å². The Morgan fingerprint density at radius 1 is 1.29 bits per heavy atom. The smallest absolute Gasteiger partial charge is 0.124 e. The average molecular weight is 207 g/mol. The van der Waals surface area contributed by atoms with Crippen molar-refractivity contribution in [3.05, 3.63) is 34.5 Å². The van der Waals surface area contributed by atoms with Gasteiger partial charge in [-0.3, -0.25) is 0 Å². The molecular weight excluding hydrogens is 197 g/mol. The van der Waals surface area contributed by atoms with E-state index in [1.165, 1.54) is 10.9 Å². The van der Waals surface area contributed by atoms with Crippen molar-refractivity contribution in [3.63, 3.8) is 0 Å². The van der Waals surface area contributed by atoms with Gasteiger partial charge in [-0.15, -0.1) is 11.3 Å². The van der Waals surface area contributed by atoms with Gasteiger partial charge in [0.15, 0.2) is 0 Å². The molecule has 14 heavy (non-hydrogen) atoms. The third-order valence-corrected chi connectivity index (χ3v) is 3.66. The molecule has 1 aromatic heterocycles. The van der Waals surface area contributed by atoms with Crippen molar-refractivity contribution >= 4 is 21.4 Å². The van der Waals surface area contributed by atoms with Crippen LogP contribution in [0.1, 0.15) is 11.1 Å². The van der Waals surface area contributed by atoms with Crippen LogP contribution in [-0.2, 0) is 13.0 Å². The number of benzene rings is 1. The fourth-order valence-electron chi connectivity index (χ4n) is 2.06. The van der Waals surface area contributed by atoms with Gasteiger partial charge in [0.1, 0.15) is 5.82 Å². The number of nitrogens with one attached hydrogen (secondary N) is 1. The summed E-state index contributed by atoms with van der Waals surface area (Å²) in [6, 6.07) is 3.29. The summed E-state index contributed by atoms with van der Waals surface area (Å²) >= 11 is 1.65. The molecule has 0 unspecified atom stereocenters. The van der Waals surface area contributed by atoms with E-state index in [0.717, 1.165) is 29.8 Å². The lowest BCUT2D eigenvalue weighted by atomic mass is 10.1. The van der Waals surface area contributed by atoms with E-state index in [4.69, 9.17) is 0 Å². The fourth-order valence-corrected chi connectivity index (χ4v) is 3.12. The summed E-state index contributed by atoms with van der Waals surface area (Å²) in [5, 5.41) is 6.74. The van der Waals surface area contributed by atoms with Gasteiger partial charge in [0.2, 0.25) is 0 Å². The highest BCUT2D eigenvalue weighted by molar-refractivity contribution is 7.17. The third-order valence-electron chi connectivity index (χ3n) is 2.68. The molecule has 1 aliphatic rings. The van der Waals surface area contributed by atoms with E-state index >= 15 is 0 Å². The van der Waals surface area contributed by atoms with Gasteiger partial charge in [-0.2, -0.15) is 0 Å². The highest BCUT2D eigenvalue weighted by atomic mass is 32.1. The van der Waals surface area contributed by atoms with E-state index in [1.807, 2.05) is 0 Å². The number of hydrogen-bond donors (Lipinski definition) is 1. The first-order chi connectivity index (χ1) is 6.84. The molecule has 72 valence electrons. The summed E-state index contributed by atoms with van der Waals surface area (Å²) in [6.07, 6.45) is 1.05. The lowest BCUT2D eigenvalue weighted by Crippen LogP contribution is -2.13. The van der Waals surface area contributed by atoms with Gasteiger partial charge in [0.25, 0.3) is 0 Å². The van der Waals surface area contributed by atoms with E-state index in [1.54, 1.807) is 23.5 Å². The number of hydrogen-bond acceptors (Lipinski definition) is 2. The summed E-state index contributed by atoms with van der Waals surface area (Å²) in [5.41, 5.74) is 2.47. The second kappa shape index (κ2) is 3.04. The van der Waals surface area contributed by atoms with Gasteiger partial charge >= 0.3 is 0 Å². The van der Waals surface area contributed by atoms with E-state index < -0.39 is 0 Å². The first-order valence-electron chi connectivity index (χ1n) is 4.74. The van der Waals surface area contributed by atoms with Gasteiger partial charge in [0, 0.05) is 16.6 Å². The van der Waals surface area contributed by atoms with E-state index in [2.05, 4.69) is 10.7 Å².